The molecule has 0 radical (unpaired) electrons. The van der Waals surface area contributed by atoms with Crippen LogP contribution in [-0.2, 0) is 17.5 Å². The Morgan fingerprint density at radius 1 is 1.23 bits per heavy atom. The maximum Gasteiger partial charge on any atom is 0.421 e. The van der Waals surface area contributed by atoms with Crippen LogP contribution in [0.15, 0.2) is 47.4 Å². The van der Waals surface area contributed by atoms with Gasteiger partial charge in [-0.25, -0.2) is 4.98 Å². The van der Waals surface area contributed by atoms with Gasteiger partial charge in [-0.2, -0.15) is 22.0 Å². The number of nitrogens with zero attached hydrogens (tertiary/aromatic N) is 2. The second kappa shape index (κ2) is 8.84. The fraction of sp³-hybridized carbons (Fsp3) is 0.211. The number of benzene rings is 1. The zero-order chi connectivity index (χ0) is 22.8. The van der Waals surface area contributed by atoms with Crippen LogP contribution in [0.3, 0.4) is 0 Å². The van der Waals surface area contributed by atoms with Crippen molar-refractivity contribution in [1.82, 2.24) is 9.55 Å². The third kappa shape index (κ3) is 5.45. The summed E-state index contributed by atoms with van der Waals surface area (Å²) in [7, 11) is 0. The van der Waals surface area contributed by atoms with Gasteiger partial charge in [0.1, 0.15) is 17.9 Å². The Labute approximate surface area is 175 Å². The molecule has 3 aromatic rings. The second-order valence-corrected chi connectivity index (χ2v) is 7.43. The standard InChI is InChI=1S/C19H14F5N3O3S/c1-10-15(11-4-6-12(7-5-11)30-17(20)21)26-18(31-10)25-14(28)9-27-8-2-3-13(16(27)29)19(22,23)24/h2-8,17H,9H2,1H3,(H,25,26,28). The van der Waals surface area contributed by atoms with E-state index in [1.54, 1.807) is 6.92 Å². The largest absolute Gasteiger partial charge is 0.435 e. The highest BCUT2D eigenvalue weighted by molar-refractivity contribution is 7.16. The number of halogens is 5. The smallest absolute Gasteiger partial charge is 0.421 e. The predicted octanol–water partition coefficient (Wildman–Crippen LogP) is 4.54. The molecule has 0 aliphatic carbocycles. The first kappa shape index (κ1) is 22.4. The quantitative estimate of drug-likeness (QED) is 0.550. The van der Waals surface area contributed by atoms with E-state index >= 15 is 0 Å². The summed E-state index contributed by atoms with van der Waals surface area (Å²) in [6.07, 6.45) is -3.74. The van der Waals surface area contributed by atoms with Crippen molar-refractivity contribution in [2.45, 2.75) is 26.3 Å². The molecule has 1 N–H and O–H groups in total. The Bertz CT molecular complexity index is 1140. The molecule has 0 saturated heterocycles. The van der Waals surface area contributed by atoms with Crippen LogP contribution < -0.4 is 15.6 Å². The van der Waals surface area contributed by atoms with Crippen molar-refractivity contribution in [3.05, 3.63) is 63.4 Å². The highest BCUT2D eigenvalue weighted by Crippen LogP contribution is 2.31. The van der Waals surface area contributed by atoms with E-state index in [9.17, 15) is 31.5 Å². The van der Waals surface area contributed by atoms with Crippen LogP contribution >= 0.6 is 11.3 Å². The molecule has 6 nitrogen and oxygen atoms in total. The number of aromatic nitrogens is 2. The number of pyridine rings is 1. The number of thiazole rings is 1. The van der Waals surface area contributed by atoms with Crippen molar-refractivity contribution in [1.29, 1.82) is 0 Å². The van der Waals surface area contributed by atoms with Crippen molar-refractivity contribution in [3.63, 3.8) is 0 Å². The Hall–Kier alpha value is -3.28. The maximum absolute atomic E-state index is 12.8. The summed E-state index contributed by atoms with van der Waals surface area (Å²) < 4.78 is 67.9. The first-order valence-electron chi connectivity index (χ1n) is 8.64. The summed E-state index contributed by atoms with van der Waals surface area (Å²) in [4.78, 5) is 29.1. The van der Waals surface area contributed by atoms with Gasteiger partial charge < -0.3 is 14.6 Å². The van der Waals surface area contributed by atoms with E-state index in [-0.39, 0.29) is 10.9 Å². The van der Waals surface area contributed by atoms with E-state index in [1.807, 2.05) is 0 Å². The second-order valence-electron chi connectivity index (χ2n) is 6.23. The lowest BCUT2D eigenvalue weighted by molar-refractivity contribution is -0.139. The van der Waals surface area contributed by atoms with Gasteiger partial charge in [0.2, 0.25) is 5.91 Å². The first-order chi connectivity index (χ1) is 14.5. The molecule has 0 aliphatic rings. The average molecular weight is 459 g/mol. The number of nitrogens with one attached hydrogen (secondary N) is 1. The summed E-state index contributed by atoms with van der Waals surface area (Å²) in [5.41, 5.74) is -1.62. The van der Waals surface area contributed by atoms with Crippen LogP contribution in [0.4, 0.5) is 27.1 Å². The van der Waals surface area contributed by atoms with Gasteiger partial charge in [0, 0.05) is 16.6 Å². The molecule has 0 atom stereocenters. The molecule has 2 aromatic heterocycles. The number of hydrogen-bond donors (Lipinski definition) is 1. The molecule has 0 spiro atoms. The molecule has 0 aliphatic heterocycles. The molecule has 164 valence electrons. The molecule has 1 aromatic carbocycles. The summed E-state index contributed by atoms with van der Waals surface area (Å²) >= 11 is 1.11. The van der Waals surface area contributed by atoms with Crippen molar-refractivity contribution < 1.29 is 31.5 Å². The van der Waals surface area contributed by atoms with Gasteiger partial charge in [0.15, 0.2) is 5.13 Å². The number of ether oxygens (including phenoxy) is 1. The van der Waals surface area contributed by atoms with E-state index in [0.717, 1.165) is 23.6 Å². The van der Waals surface area contributed by atoms with Gasteiger partial charge in [-0.05, 0) is 43.3 Å². The Morgan fingerprint density at radius 3 is 2.52 bits per heavy atom. The lowest BCUT2D eigenvalue weighted by Gasteiger charge is -2.09. The maximum atomic E-state index is 12.8. The van der Waals surface area contributed by atoms with Crippen LogP contribution in [0, 0.1) is 6.92 Å². The van der Waals surface area contributed by atoms with Gasteiger partial charge in [0.05, 0.1) is 5.69 Å². The monoisotopic (exact) mass is 459 g/mol. The minimum Gasteiger partial charge on any atom is -0.435 e. The highest BCUT2D eigenvalue weighted by Gasteiger charge is 2.34. The number of hydrogen-bond acceptors (Lipinski definition) is 5. The fourth-order valence-electron chi connectivity index (χ4n) is 2.70. The molecule has 12 heteroatoms. The van der Waals surface area contributed by atoms with Crippen molar-refractivity contribution in [2.75, 3.05) is 5.32 Å². The molecule has 3 rings (SSSR count). The summed E-state index contributed by atoms with van der Waals surface area (Å²) in [6.45, 7) is -1.85. The molecule has 0 bridgehead atoms. The van der Waals surface area contributed by atoms with E-state index in [0.29, 0.717) is 26.8 Å². The normalized spacial score (nSPS) is 11.6. The number of carbonyl (C=O) groups is 1. The topological polar surface area (TPSA) is 73.2 Å². The average Bonchev–Trinajstić information content (AvgIpc) is 3.02. The van der Waals surface area contributed by atoms with Crippen molar-refractivity contribution >= 4 is 22.4 Å². The van der Waals surface area contributed by atoms with Crippen LogP contribution in [0.1, 0.15) is 10.4 Å². The molecule has 0 unspecified atom stereocenters. The summed E-state index contributed by atoms with van der Waals surface area (Å²) in [5, 5.41) is 2.62. The van der Waals surface area contributed by atoms with E-state index in [1.165, 1.54) is 24.3 Å². The Morgan fingerprint density at radius 2 is 1.90 bits per heavy atom. The zero-order valence-corrected chi connectivity index (χ0v) is 16.6. The van der Waals surface area contributed by atoms with E-state index in [2.05, 4.69) is 15.0 Å². The number of carbonyl (C=O) groups excluding carboxylic acids is 1. The minimum absolute atomic E-state index is 0.0216. The van der Waals surface area contributed by atoms with Gasteiger partial charge in [-0.3, -0.25) is 9.59 Å². The lowest BCUT2D eigenvalue weighted by Crippen LogP contribution is -2.31. The van der Waals surface area contributed by atoms with Crippen LogP contribution in [0.5, 0.6) is 5.75 Å². The molecule has 0 fully saturated rings. The molecule has 1 amide bonds. The van der Waals surface area contributed by atoms with Gasteiger partial charge in [0.25, 0.3) is 5.56 Å². The molecule has 31 heavy (non-hydrogen) atoms. The molecular weight excluding hydrogens is 445 g/mol. The summed E-state index contributed by atoms with van der Waals surface area (Å²) in [6, 6.07) is 7.41. The number of anilines is 1. The number of rotatable bonds is 6. The molecule has 0 saturated carbocycles. The first-order valence-corrected chi connectivity index (χ1v) is 9.45. The van der Waals surface area contributed by atoms with Crippen molar-refractivity contribution in [3.8, 4) is 17.0 Å². The van der Waals surface area contributed by atoms with Crippen LogP contribution in [-0.4, -0.2) is 22.1 Å². The number of amides is 1. The van der Waals surface area contributed by atoms with Crippen LogP contribution in [0.25, 0.3) is 11.3 Å². The van der Waals surface area contributed by atoms with Crippen molar-refractivity contribution in [2.24, 2.45) is 0 Å². The Kier molecular flexibility index (Phi) is 6.39. The molecular formula is C19H14F5N3O3S. The predicted molar refractivity (Wildman–Crippen MR) is 103 cm³/mol. The Balaban J connectivity index is 1.73. The lowest BCUT2D eigenvalue weighted by atomic mass is 10.1. The zero-order valence-electron chi connectivity index (χ0n) is 15.7. The highest BCUT2D eigenvalue weighted by atomic mass is 32.1. The number of aryl methyl sites for hydroxylation is 1. The molecule has 2 heterocycles. The third-order valence-corrected chi connectivity index (χ3v) is 4.92. The third-order valence-electron chi connectivity index (χ3n) is 4.04. The van der Waals surface area contributed by atoms with E-state index < -0.39 is 36.4 Å². The van der Waals surface area contributed by atoms with Gasteiger partial charge >= 0.3 is 12.8 Å². The minimum atomic E-state index is -4.83. The van der Waals surface area contributed by atoms with Crippen LogP contribution in [0.2, 0.25) is 0 Å². The SMILES string of the molecule is Cc1sc(NC(=O)Cn2cccc(C(F)(F)F)c2=O)nc1-c1ccc(OC(F)F)cc1. The summed E-state index contributed by atoms with van der Waals surface area (Å²) in [5.74, 6) is -0.755. The fourth-order valence-corrected chi connectivity index (χ4v) is 3.55. The van der Waals surface area contributed by atoms with E-state index in [4.69, 9.17) is 0 Å². The number of alkyl halides is 5. The van der Waals surface area contributed by atoms with Gasteiger partial charge in [-0.1, -0.05) is 0 Å². The van der Waals surface area contributed by atoms with Gasteiger partial charge in [-0.15, -0.1) is 11.3 Å².